The van der Waals surface area contributed by atoms with Gasteiger partial charge in [0.2, 0.25) is 0 Å². The first-order chi connectivity index (χ1) is 4.93. The van der Waals surface area contributed by atoms with Gasteiger partial charge in [-0.3, -0.25) is 4.68 Å². The molecule has 0 N–H and O–H groups in total. The Morgan fingerprint density at radius 1 is 1.50 bits per heavy atom. The van der Waals surface area contributed by atoms with Crippen molar-refractivity contribution < 1.29 is 64.3 Å². The molecule has 0 saturated heterocycles. The van der Waals surface area contributed by atoms with Crippen LogP contribution < -0.4 is 56.8 Å². The molecule has 0 aliphatic carbocycles. The Morgan fingerprint density at radius 3 is 2.17 bits per heavy atom. The summed E-state index contributed by atoms with van der Waals surface area (Å²) >= 11 is 5.29. The molecule has 0 atom stereocenters. The van der Waals surface area contributed by atoms with Gasteiger partial charge in [0.05, 0.1) is 5.15 Å². The van der Waals surface area contributed by atoms with Crippen LogP contribution >= 0.6 is 11.6 Å². The maximum atomic E-state index is 12.0. The minimum Gasteiger partial charge on any atom is -0.445 e. The van der Waals surface area contributed by atoms with Gasteiger partial charge in [0.25, 0.3) is 0 Å². The zero-order chi connectivity index (χ0) is 8.65. The van der Waals surface area contributed by atoms with Crippen molar-refractivity contribution >= 4 is 24.0 Å². The SMILES string of the molecule is Cn1ncc([B-](F)(F)F)c1Cl.[K+]. The predicted molar refractivity (Wildman–Crippen MR) is 36.9 cm³/mol. The predicted octanol–water partition coefficient (Wildman–Crippen LogP) is -1.87. The van der Waals surface area contributed by atoms with Gasteiger partial charge < -0.3 is 12.9 Å². The fourth-order valence-corrected chi connectivity index (χ4v) is 0.875. The summed E-state index contributed by atoms with van der Waals surface area (Å²) in [4.78, 5) is 0. The Morgan fingerprint density at radius 2 is 2.00 bits per heavy atom. The van der Waals surface area contributed by atoms with Crippen molar-refractivity contribution in [2.24, 2.45) is 7.05 Å². The minimum absolute atomic E-state index is 0. The molecule has 0 spiro atoms. The third-order valence-electron chi connectivity index (χ3n) is 1.24. The molecule has 0 bridgehead atoms. The van der Waals surface area contributed by atoms with Crippen molar-refractivity contribution in [2.75, 3.05) is 0 Å². The molecule has 0 aromatic carbocycles. The fourth-order valence-electron chi connectivity index (χ4n) is 0.659. The zero-order valence-electron chi connectivity index (χ0n) is 6.56. The third-order valence-corrected chi connectivity index (χ3v) is 1.71. The monoisotopic (exact) mass is 222 g/mol. The van der Waals surface area contributed by atoms with Gasteiger partial charge in [-0.05, 0) is 0 Å². The molecule has 0 aliphatic heterocycles. The standard InChI is InChI=1S/C4H4BClF3N2.K/c1-11-4(6)3(2-10-11)5(7,8)9;/h2H,1H3;/q-1;+1. The maximum absolute atomic E-state index is 12.0. The maximum Gasteiger partial charge on any atom is 1.00 e. The summed E-state index contributed by atoms with van der Waals surface area (Å²) in [7, 11) is 1.35. The Bertz CT molecular complexity index is 274. The average Bonchev–Trinajstić information content (AvgIpc) is 2.11. The van der Waals surface area contributed by atoms with Gasteiger partial charge in [0.15, 0.2) is 0 Å². The number of halogens is 4. The molecule has 1 rings (SSSR count). The molecule has 0 amide bonds. The van der Waals surface area contributed by atoms with Gasteiger partial charge in [-0.15, -0.1) is 0 Å². The summed E-state index contributed by atoms with van der Waals surface area (Å²) < 4.78 is 36.9. The van der Waals surface area contributed by atoms with Crippen molar-refractivity contribution in [3.8, 4) is 0 Å². The molecule has 0 fully saturated rings. The van der Waals surface area contributed by atoms with E-state index in [1.165, 1.54) is 7.05 Å². The Hall–Kier alpha value is 0.991. The van der Waals surface area contributed by atoms with Crippen LogP contribution in [0.15, 0.2) is 6.20 Å². The molecule has 8 heteroatoms. The van der Waals surface area contributed by atoms with Crippen LogP contribution in [0, 0.1) is 0 Å². The van der Waals surface area contributed by atoms with Crippen molar-refractivity contribution in [2.45, 2.75) is 0 Å². The molecule has 0 aliphatic rings. The van der Waals surface area contributed by atoms with E-state index >= 15 is 0 Å². The van der Waals surface area contributed by atoms with E-state index in [4.69, 9.17) is 11.6 Å². The van der Waals surface area contributed by atoms with Crippen LogP contribution in [0.4, 0.5) is 12.9 Å². The second kappa shape index (κ2) is 4.48. The van der Waals surface area contributed by atoms with Crippen molar-refractivity contribution in [1.29, 1.82) is 0 Å². The molecular formula is C4H4BClF3KN2. The van der Waals surface area contributed by atoms with Gasteiger partial charge in [-0.2, -0.15) is 5.10 Å². The van der Waals surface area contributed by atoms with Gasteiger partial charge in [-0.25, -0.2) is 0 Å². The van der Waals surface area contributed by atoms with Crippen LogP contribution in [0.5, 0.6) is 0 Å². The fraction of sp³-hybridized carbons (Fsp3) is 0.250. The smallest absolute Gasteiger partial charge is 0.445 e. The minimum atomic E-state index is -5.02. The van der Waals surface area contributed by atoms with E-state index < -0.39 is 12.4 Å². The molecule has 1 aromatic rings. The number of hydrogen-bond donors (Lipinski definition) is 0. The molecule has 12 heavy (non-hydrogen) atoms. The van der Waals surface area contributed by atoms with Crippen LogP contribution in [0.25, 0.3) is 0 Å². The first-order valence-corrected chi connectivity index (χ1v) is 3.18. The zero-order valence-corrected chi connectivity index (χ0v) is 10.4. The van der Waals surface area contributed by atoms with Gasteiger partial charge in [-0.1, -0.05) is 17.1 Å². The van der Waals surface area contributed by atoms with Gasteiger partial charge >= 0.3 is 58.4 Å². The summed E-state index contributed by atoms with van der Waals surface area (Å²) in [5.41, 5.74) is -0.839. The largest absolute Gasteiger partial charge is 1.00 e. The number of aryl methyl sites for hydroxylation is 1. The molecule has 62 valence electrons. The topological polar surface area (TPSA) is 17.8 Å². The normalized spacial score (nSPS) is 11.1. The molecule has 0 radical (unpaired) electrons. The first-order valence-electron chi connectivity index (χ1n) is 2.80. The molecule has 2 nitrogen and oxygen atoms in total. The number of hydrogen-bond acceptors (Lipinski definition) is 1. The first kappa shape index (κ1) is 13.0. The molecule has 1 aromatic heterocycles. The Kier molecular flexibility index (Phi) is 4.85. The summed E-state index contributed by atoms with van der Waals surface area (Å²) in [6.45, 7) is -5.02. The second-order valence-electron chi connectivity index (χ2n) is 2.09. The summed E-state index contributed by atoms with van der Waals surface area (Å²) in [6, 6.07) is 0. The summed E-state index contributed by atoms with van der Waals surface area (Å²) in [5.74, 6) is 0. The van der Waals surface area contributed by atoms with Crippen LogP contribution in [0.3, 0.4) is 0 Å². The third kappa shape index (κ3) is 2.75. The van der Waals surface area contributed by atoms with E-state index in [9.17, 15) is 12.9 Å². The Labute approximate surface area is 115 Å². The number of aromatic nitrogens is 2. The van der Waals surface area contributed by atoms with Crippen molar-refractivity contribution in [1.82, 2.24) is 9.78 Å². The average molecular weight is 222 g/mol. The number of rotatable bonds is 1. The molecular weight excluding hydrogens is 218 g/mol. The van der Waals surface area contributed by atoms with Crippen LogP contribution in [-0.4, -0.2) is 16.8 Å². The Balaban J connectivity index is 0.00000121. The van der Waals surface area contributed by atoms with E-state index in [0.717, 1.165) is 10.9 Å². The van der Waals surface area contributed by atoms with Crippen molar-refractivity contribution in [3.63, 3.8) is 0 Å². The quantitative estimate of drug-likeness (QED) is 0.509. The van der Waals surface area contributed by atoms with Gasteiger partial charge in [0, 0.05) is 13.2 Å². The van der Waals surface area contributed by atoms with E-state index in [2.05, 4.69) is 5.10 Å². The summed E-state index contributed by atoms with van der Waals surface area (Å²) in [6.07, 6.45) is 0.725. The van der Waals surface area contributed by atoms with E-state index in [1.807, 2.05) is 0 Å². The van der Waals surface area contributed by atoms with Crippen LogP contribution in [-0.2, 0) is 7.05 Å². The molecule has 0 saturated carbocycles. The molecule has 1 heterocycles. The number of nitrogens with zero attached hydrogens (tertiary/aromatic N) is 2. The van der Waals surface area contributed by atoms with E-state index in [1.54, 1.807) is 0 Å². The van der Waals surface area contributed by atoms with E-state index in [0.29, 0.717) is 0 Å². The van der Waals surface area contributed by atoms with Crippen molar-refractivity contribution in [3.05, 3.63) is 11.3 Å². The molecule has 0 unspecified atom stereocenters. The van der Waals surface area contributed by atoms with E-state index in [-0.39, 0.29) is 56.5 Å². The van der Waals surface area contributed by atoms with Gasteiger partial charge in [0.1, 0.15) is 0 Å². The second-order valence-corrected chi connectivity index (χ2v) is 2.45. The summed E-state index contributed by atoms with van der Waals surface area (Å²) in [5, 5.41) is 3.00. The van der Waals surface area contributed by atoms with Crippen LogP contribution in [0.2, 0.25) is 5.15 Å². The van der Waals surface area contributed by atoms with Crippen LogP contribution in [0.1, 0.15) is 0 Å².